The lowest BCUT2D eigenvalue weighted by molar-refractivity contribution is -0.0199. The van der Waals surface area contributed by atoms with Gasteiger partial charge in [-0.3, -0.25) is 0 Å². The summed E-state index contributed by atoms with van der Waals surface area (Å²) in [7, 11) is 0. The van der Waals surface area contributed by atoms with Gasteiger partial charge in [0.1, 0.15) is 5.82 Å². The fourth-order valence-electron chi connectivity index (χ4n) is 4.26. The number of benzene rings is 3. The third kappa shape index (κ3) is 5.21. The van der Waals surface area contributed by atoms with Gasteiger partial charge in [-0.25, -0.2) is 14.0 Å². The van der Waals surface area contributed by atoms with Crippen molar-refractivity contribution in [2.75, 3.05) is 13.1 Å². The normalized spacial score (nSPS) is 18.2. The van der Waals surface area contributed by atoms with Gasteiger partial charge < -0.3 is 19.8 Å². The molecule has 0 aromatic heterocycles. The predicted molar refractivity (Wildman–Crippen MR) is 121 cm³/mol. The first kappa shape index (κ1) is 22.5. The summed E-state index contributed by atoms with van der Waals surface area (Å²) in [6, 6.07) is 20.5. The maximum atomic E-state index is 13.4. The van der Waals surface area contributed by atoms with Crippen molar-refractivity contribution in [2.45, 2.75) is 25.0 Å². The van der Waals surface area contributed by atoms with Crippen LogP contribution >= 0.6 is 0 Å². The molecule has 4 rings (SSSR count). The van der Waals surface area contributed by atoms with E-state index in [2.05, 4.69) is 0 Å². The lowest BCUT2D eigenvalue weighted by Gasteiger charge is -2.37. The Labute approximate surface area is 190 Å². The fraction of sp³-hybridized carbons (Fsp3) is 0.231. The van der Waals surface area contributed by atoms with Crippen LogP contribution in [-0.2, 0) is 11.3 Å². The average molecular weight is 449 g/mol. The Hall–Kier alpha value is -3.71. The van der Waals surface area contributed by atoms with E-state index in [0.717, 1.165) is 16.7 Å². The van der Waals surface area contributed by atoms with Crippen LogP contribution in [0.5, 0.6) is 0 Å². The fourth-order valence-corrected chi connectivity index (χ4v) is 4.26. The Morgan fingerprint density at radius 1 is 0.970 bits per heavy atom. The molecule has 2 atom stereocenters. The summed E-state index contributed by atoms with van der Waals surface area (Å²) in [5, 5.41) is 18.8. The SMILES string of the molecule is O=C(O)c1ccccc1-c1ccc(COC2CN(C(=O)O)CCC2c2ccc(F)cc2)cc1. The highest BCUT2D eigenvalue weighted by atomic mass is 19.1. The summed E-state index contributed by atoms with van der Waals surface area (Å²) in [5.74, 6) is -1.34. The minimum Gasteiger partial charge on any atom is -0.478 e. The van der Waals surface area contributed by atoms with Crippen LogP contribution in [-0.4, -0.2) is 46.4 Å². The molecule has 0 bridgehead atoms. The van der Waals surface area contributed by atoms with Gasteiger partial charge in [0.05, 0.1) is 24.8 Å². The Morgan fingerprint density at radius 3 is 2.33 bits per heavy atom. The lowest BCUT2D eigenvalue weighted by atomic mass is 9.87. The molecular weight excluding hydrogens is 425 g/mol. The molecule has 1 saturated heterocycles. The number of amides is 1. The first-order valence-electron chi connectivity index (χ1n) is 10.7. The molecule has 1 fully saturated rings. The largest absolute Gasteiger partial charge is 0.478 e. The molecule has 2 N–H and O–H groups in total. The molecule has 0 radical (unpaired) electrons. The minimum atomic E-state index is -0.984. The highest BCUT2D eigenvalue weighted by Gasteiger charge is 2.33. The van der Waals surface area contributed by atoms with E-state index >= 15 is 0 Å². The number of aromatic carboxylic acids is 1. The van der Waals surface area contributed by atoms with Crippen LogP contribution in [0.1, 0.15) is 33.8 Å². The number of hydrogen-bond acceptors (Lipinski definition) is 3. The van der Waals surface area contributed by atoms with Crippen molar-refractivity contribution < 1.29 is 28.9 Å². The summed E-state index contributed by atoms with van der Waals surface area (Å²) < 4.78 is 19.5. The number of carboxylic acid groups (broad SMARTS) is 2. The van der Waals surface area contributed by atoms with Crippen LogP contribution in [0.25, 0.3) is 11.1 Å². The van der Waals surface area contributed by atoms with E-state index in [0.29, 0.717) is 18.5 Å². The van der Waals surface area contributed by atoms with Gasteiger partial charge in [0.25, 0.3) is 0 Å². The number of rotatable bonds is 6. The molecule has 3 aromatic carbocycles. The molecule has 2 unspecified atom stereocenters. The van der Waals surface area contributed by atoms with E-state index < -0.39 is 12.1 Å². The molecule has 1 aliphatic heterocycles. The van der Waals surface area contributed by atoms with Crippen molar-refractivity contribution in [2.24, 2.45) is 0 Å². The van der Waals surface area contributed by atoms with Crippen molar-refractivity contribution >= 4 is 12.1 Å². The van der Waals surface area contributed by atoms with Crippen molar-refractivity contribution in [3.05, 3.63) is 95.3 Å². The first-order valence-corrected chi connectivity index (χ1v) is 10.7. The Balaban J connectivity index is 1.49. The van der Waals surface area contributed by atoms with Crippen LogP contribution in [0.4, 0.5) is 9.18 Å². The van der Waals surface area contributed by atoms with Gasteiger partial charge in [-0.1, -0.05) is 54.6 Å². The third-order valence-corrected chi connectivity index (χ3v) is 6.01. The van der Waals surface area contributed by atoms with Crippen LogP contribution in [0.15, 0.2) is 72.8 Å². The zero-order valence-electron chi connectivity index (χ0n) is 17.9. The van der Waals surface area contributed by atoms with Crippen LogP contribution in [0.3, 0.4) is 0 Å². The summed E-state index contributed by atoms with van der Waals surface area (Å²) in [4.78, 5) is 24.3. The molecule has 3 aromatic rings. The molecule has 7 heteroatoms. The van der Waals surface area contributed by atoms with E-state index in [1.165, 1.54) is 17.0 Å². The van der Waals surface area contributed by atoms with E-state index in [-0.39, 0.29) is 36.6 Å². The monoisotopic (exact) mass is 449 g/mol. The Morgan fingerprint density at radius 2 is 1.67 bits per heavy atom. The first-order chi connectivity index (χ1) is 15.9. The highest BCUT2D eigenvalue weighted by Crippen LogP contribution is 2.32. The minimum absolute atomic E-state index is 0.0390. The quantitative estimate of drug-likeness (QED) is 0.537. The number of ether oxygens (including phenoxy) is 1. The molecule has 1 aliphatic rings. The zero-order valence-corrected chi connectivity index (χ0v) is 17.9. The van der Waals surface area contributed by atoms with Gasteiger partial charge >= 0.3 is 12.1 Å². The number of nitrogens with zero attached hydrogens (tertiary/aromatic N) is 1. The molecule has 6 nitrogen and oxygen atoms in total. The van der Waals surface area contributed by atoms with Crippen LogP contribution in [0, 0.1) is 5.82 Å². The highest BCUT2D eigenvalue weighted by molar-refractivity contribution is 5.95. The Bertz CT molecular complexity index is 1130. The standard InChI is InChI=1S/C26H24FNO5/c27-20-11-9-19(10-12-20)22-13-14-28(26(31)32)15-24(22)33-16-17-5-7-18(8-6-17)21-3-1-2-4-23(21)25(29)30/h1-12,22,24H,13-16H2,(H,29,30)(H,31,32). The third-order valence-electron chi connectivity index (χ3n) is 6.01. The number of piperidine rings is 1. The molecule has 170 valence electrons. The second-order valence-electron chi connectivity index (χ2n) is 8.07. The number of halogens is 1. The molecule has 33 heavy (non-hydrogen) atoms. The van der Waals surface area contributed by atoms with Crippen LogP contribution in [0.2, 0.25) is 0 Å². The van der Waals surface area contributed by atoms with E-state index in [9.17, 15) is 24.2 Å². The zero-order chi connectivity index (χ0) is 23.4. The topological polar surface area (TPSA) is 87.1 Å². The summed E-state index contributed by atoms with van der Waals surface area (Å²) in [6.45, 7) is 0.910. The van der Waals surface area contributed by atoms with E-state index in [1.807, 2.05) is 24.3 Å². The number of carbonyl (C=O) groups is 2. The average Bonchev–Trinajstić information content (AvgIpc) is 2.83. The maximum Gasteiger partial charge on any atom is 0.407 e. The second-order valence-corrected chi connectivity index (χ2v) is 8.07. The van der Waals surface area contributed by atoms with Gasteiger partial charge in [0.15, 0.2) is 0 Å². The number of likely N-dealkylation sites (tertiary alicyclic amines) is 1. The van der Waals surface area contributed by atoms with Gasteiger partial charge in [-0.05, 0) is 46.9 Å². The number of hydrogen-bond donors (Lipinski definition) is 2. The smallest absolute Gasteiger partial charge is 0.407 e. The summed E-state index contributed by atoms with van der Waals surface area (Å²) in [5.41, 5.74) is 3.47. The maximum absolute atomic E-state index is 13.4. The molecule has 0 aliphatic carbocycles. The second kappa shape index (κ2) is 9.83. The Kier molecular flexibility index (Phi) is 6.70. The van der Waals surface area contributed by atoms with E-state index in [1.54, 1.807) is 36.4 Å². The van der Waals surface area contributed by atoms with Gasteiger partial charge in [0.2, 0.25) is 0 Å². The predicted octanol–water partition coefficient (Wildman–Crippen LogP) is 5.24. The summed E-state index contributed by atoms with van der Waals surface area (Å²) in [6.07, 6.45) is -0.761. The molecule has 0 saturated carbocycles. The van der Waals surface area contributed by atoms with E-state index in [4.69, 9.17) is 4.74 Å². The molecular formula is C26H24FNO5. The van der Waals surface area contributed by atoms with Crippen molar-refractivity contribution in [3.63, 3.8) is 0 Å². The van der Waals surface area contributed by atoms with Crippen molar-refractivity contribution in [1.82, 2.24) is 4.90 Å². The molecule has 1 heterocycles. The summed E-state index contributed by atoms with van der Waals surface area (Å²) >= 11 is 0. The van der Waals surface area contributed by atoms with Crippen molar-refractivity contribution in [1.29, 1.82) is 0 Å². The van der Waals surface area contributed by atoms with Gasteiger partial charge in [0, 0.05) is 12.5 Å². The lowest BCUT2D eigenvalue weighted by Crippen LogP contribution is -2.46. The molecule has 0 spiro atoms. The van der Waals surface area contributed by atoms with Gasteiger partial charge in [-0.15, -0.1) is 0 Å². The van der Waals surface area contributed by atoms with Crippen molar-refractivity contribution in [3.8, 4) is 11.1 Å². The van der Waals surface area contributed by atoms with Gasteiger partial charge in [-0.2, -0.15) is 0 Å². The number of carboxylic acids is 1. The van der Waals surface area contributed by atoms with Crippen LogP contribution < -0.4 is 0 Å². The molecule has 1 amide bonds.